The number of methoxy groups -OCH3 is 2. The predicted molar refractivity (Wildman–Crippen MR) is 121 cm³/mol. The van der Waals surface area contributed by atoms with E-state index >= 15 is 0 Å². The van der Waals surface area contributed by atoms with Gasteiger partial charge in [0.2, 0.25) is 15.9 Å². The van der Waals surface area contributed by atoms with E-state index in [1.807, 2.05) is 24.3 Å². The molecule has 1 amide bonds. The second kappa shape index (κ2) is 11.3. The fourth-order valence-electron chi connectivity index (χ4n) is 3.32. The number of sulfonamides is 1. The van der Waals surface area contributed by atoms with Crippen LogP contribution in [0.2, 0.25) is 0 Å². The Balaban J connectivity index is 1.57. The quantitative estimate of drug-likeness (QED) is 0.443. The number of rotatable bonds is 10. The molecule has 9 nitrogen and oxygen atoms in total. The number of carbonyl (C=O) groups excluding carboxylic acids is 1. The SMILES string of the molecule is COc1ccc(CNC(=O)C[C@@H]2C=C[C@@H](NS(=O)(=O)c3cccc(OC)c3)[C@@H](CO)O2)cc1. The fourth-order valence-corrected chi connectivity index (χ4v) is 4.58. The maximum absolute atomic E-state index is 12.7. The lowest BCUT2D eigenvalue weighted by atomic mass is 10.1. The van der Waals surface area contributed by atoms with Crippen molar-refractivity contribution < 1.29 is 32.5 Å². The molecule has 10 heteroatoms. The summed E-state index contributed by atoms with van der Waals surface area (Å²) in [5.74, 6) is 0.915. The Hall–Kier alpha value is -2.92. The maximum atomic E-state index is 12.7. The van der Waals surface area contributed by atoms with Gasteiger partial charge in [0.25, 0.3) is 0 Å². The molecule has 0 spiro atoms. The van der Waals surface area contributed by atoms with Gasteiger partial charge in [0.1, 0.15) is 17.6 Å². The van der Waals surface area contributed by atoms with E-state index in [2.05, 4.69) is 10.0 Å². The maximum Gasteiger partial charge on any atom is 0.241 e. The van der Waals surface area contributed by atoms with E-state index in [9.17, 15) is 18.3 Å². The third kappa shape index (κ3) is 6.78. The van der Waals surface area contributed by atoms with Gasteiger partial charge >= 0.3 is 0 Å². The summed E-state index contributed by atoms with van der Waals surface area (Å²) in [6.07, 6.45) is 1.84. The lowest BCUT2D eigenvalue weighted by molar-refractivity contribution is -0.125. The number of benzene rings is 2. The standard InChI is InChI=1S/C23H28N2O7S/c1-30-17-8-6-16(7-9-17)14-24-23(27)13-19-10-11-21(22(15-26)32-19)25-33(28,29)20-5-3-4-18(12-20)31-2/h3-12,19,21-22,25-26H,13-15H2,1-2H3,(H,24,27)/t19-,21+,22+/m0/s1. The highest BCUT2D eigenvalue weighted by Crippen LogP contribution is 2.21. The zero-order valence-corrected chi connectivity index (χ0v) is 19.2. The van der Waals surface area contributed by atoms with Crippen molar-refractivity contribution in [3.05, 3.63) is 66.2 Å². The van der Waals surface area contributed by atoms with Crippen LogP contribution >= 0.6 is 0 Å². The highest BCUT2D eigenvalue weighted by molar-refractivity contribution is 7.89. The van der Waals surface area contributed by atoms with Crippen LogP contribution in [-0.4, -0.2) is 58.5 Å². The largest absolute Gasteiger partial charge is 0.497 e. The van der Waals surface area contributed by atoms with Gasteiger partial charge in [-0.25, -0.2) is 13.1 Å². The van der Waals surface area contributed by atoms with Crippen molar-refractivity contribution in [1.82, 2.24) is 10.0 Å². The van der Waals surface area contributed by atoms with Crippen molar-refractivity contribution in [2.45, 2.75) is 36.1 Å². The number of hydrogen-bond donors (Lipinski definition) is 3. The van der Waals surface area contributed by atoms with Crippen LogP contribution in [0.3, 0.4) is 0 Å². The van der Waals surface area contributed by atoms with Gasteiger partial charge in [0, 0.05) is 12.6 Å². The number of hydrogen-bond acceptors (Lipinski definition) is 7. The molecule has 0 bridgehead atoms. The molecule has 0 saturated heterocycles. The summed E-state index contributed by atoms with van der Waals surface area (Å²) in [7, 11) is -0.845. The molecule has 0 fully saturated rings. The first-order chi connectivity index (χ1) is 15.8. The van der Waals surface area contributed by atoms with Crippen molar-refractivity contribution in [2.75, 3.05) is 20.8 Å². The van der Waals surface area contributed by atoms with Gasteiger partial charge < -0.3 is 24.6 Å². The zero-order valence-electron chi connectivity index (χ0n) is 18.4. The molecule has 1 aliphatic heterocycles. The summed E-state index contributed by atoms with van der Waals surface area (Å²) in [5, 5.41) is 12.6. The number of aliphatic hydroxyl groups excluding tert-OH is 1. The van der Waals surface area contributed by atoms with E-state index in [-0.39, 0.29) is 17.2 Å². The van der Waals surface area contributed by atoms with Gasteiger partial charge in [-0.1, -0.05) is 30.4 Å². The lowest BCUT2D eigenvalue weighted by Crippen LogP contribution is -2.49. The van der Waals surface area contributed by atoms with E-state index in [1.165, 1.54) is 19.2 Å². The molecule has 0 radical (unpaired) electrons. The van der Waals surface area contributed by atoms with Crippen molar-refractivity contribution >= 4 is 15.9 Å². The summed E-state index contributed by atoms with van der Waals surface area (Å²) in [4.78, 5) is 12.4. The van der Waals surface area contributed by atoms with E-state index in [0.717, 1.165) is 11.3 Å². The van der Waals surface area contributed by atoms with Crippen LogP contribution in [-0.2, 0) is 26.1 Å². The van der Waals surface area contributed by atoms with Crippen molar-refractivity contribution in [3.8, 4) is 11.5 Å². The van der Waals surface area contributed by atoms with Gasteiger partial charge in [-0.05, 0) is 29.8 Å². The predicted octanol–water partition coefficient (Wildman–Crippen LogP) is 1.37. The fraction of sp³-hybridized carbons (Fsp3) is 0.348. The minimum Gasteiger partial charge on any atom is -0.497 e. The Morgan fingerprint density at radius 3 is 2.45 bits per heavy atom. The normalized spacial score (nSPS) is 20.3. The van der Waals surface area contributed by atoms with Gasteiger partial charge in [-0.3, -0.25) is 4.79 Å². The van der Waals surface area contributed by atoms with Crippen molar-refractivity contribution in [1.29, 1.82) is 0 Å². The molecule has 3 rings (SSSR count). The Kier molecular flexibility index (Phi) is 8.45. The Labute approximate surface area is 193 Å². The Morgan fingerprint density at radius 2 is 1.79 bits per heavy atom. The van der Waals surface area contributed by atoms with Crippen LogP contribution in [0.15, 0.2) is 65.6 Å². The Morgan fingerprint density at radius 1 is 1.06 bits per heavy atom. The molecule has 0 aromatic heterocycles. The van der Waals surface area contributed by atoms with E-state index in [4.69, 9.17) is 14.2 Å². The summed E-state index contributed by atoms with van der Waals surface area (Å²) >= 11 is 0. The molecule has 3 atom stereocenters. The first-order valence-corrected chi connectivity index (χ1v) is 11.8. The number of carbonyl (C=O) groups is 1. The highest BCUT2D eigenvalue weighted by Gasteiger charge is 2.31. The van der Waals surface area contributed by atoms with Gasteiger partial charge in [0.15, 0.2) is 0 Å². The number of nitrogens with one attached hydrogen (secondary N) is 2. The van der Waals surface area contributed by atoms with Gasteiger partial charge in [-0.15, -0.1) is 0 Å². The van der Waals surface area contributed by atoms with Crippen LogP contribution in [0.5, 0.6) is 11.5 Å². The molecule has 0 aliphatic carbocycles. The molecule has 1 heterocycles. The van der Waals surface area contributed by atoms with Gasteiger partial charge in [0.05, 0.1) is 44.3 Å². The van der Waals surface area contributed by atoms with E-state index in [0.29, 0.717) is 12.3 Å². The van der Waals surface area contributed by atoms with Crippen LogP contribution in [0.4, 0.5) is 0 Å². The summed E-state index contributed by atoms with van der Waals surface area (Å²) in [5.41, 5.74) is 0.921. The summed E-state index contributed by atoms with van der Waals surface area (Å²) < 4.78 is 44.0. The Bertz CT molecular complexity index is 1070. The van der Waals surface area contributed by atoms with Crippen LogP contribution < -0.4 is 19.5 Å². The molecule has 3 N–H and O–H groups in total. The number of aliphatic hydroxyl groups is 1. The zero-order chi connectivity index (χ0) is 23.8. The molecular formula is C23H28N2O7S. The van der Waals surface area contributed by atoms with E-state index in [1.54, 1.807) is 31.4 Å². The lowest BCUT2D eigenvalue weighted by Gasteiger charge is -2.31. The van der Waals surface area contributed by atoms with Crippen LogP contribution in [0.25, 0.3) is 0 Å². The summed E-state index contributed by atoms with van der Waals surface area (Å²) in [6.45, 7) is -0.0642. The molecule has 178 valence electrons. The summed E-state index contributed by atoms with van der Waals surface area (Å²) in [6, 6.07) is 12.6. The third-order valence-electron chi connectivity index (χ3n) is 5.14. The minimum absolute atomic E-state index is 0.0342. The first kappa shape index (κ1) is 24.7. The molecule has 1 aliphatic rings. The third-order valence-corrected chi connectivity index (χ3v) is 6.60. The topological polar surface area (TPSA) is 123 Å². The van der Waals surface area contributed by atoms with Crippen molar-refractivity contribution in [2.24, 2.45) is 0 Å². The van der Waals surface area contributed by atoms with Crippen LogP contribution in [0, 0.1) is 0 Å². The molecule has 2 aromatic carbocycles. The van der Waals surface area contributed by atoms with Gasteiger partial charge in [-0.2, -0.15) is 0 Å². The highest BCUT2D eigenvalue weighted by atomic mass is 32.2. The average molecular weight is 477 g/mol. The number of amides is 1. The molecule has 0 saturated carbocycles. The number of ether oxygens (including phenoxy) is 3. The molecule has 0 unspecified atom stereocenters. The second-order valence-electron chi connectivity index (χ2n) is 7.44. The minimum atomic E-state index is -3.88. The average Bonchev–Trinajstić information content (AvgIpc) is 2.83. The second-order valence-corrected chi connectivity index (χ2v) is 9.15. The molecule has 33 heavy (non-hydrogen) atoms. The van der Waals surface area contributed by atoms with Crippen molar-refractivity contribution in [3.63, 3.8) is 0 Å². The van der Waals surface area contributed by atoms with E-state index < -0.39 is 34.9 Å². The monoisotopic (exact) mass is 476 g/mol. The smallest absolute Gasteiger partial charge is 0.241 e. The molecular weight excluding hydrogens is 448 g/mol. The first-order valence-electron chi connectivity index (χ1n) is 10.3. The molecule has 2 aromatic rings. The van der Waals surface area contributed by atoms with Crippen LogP contribution in [0.1, 0.15) is 12.0 Å².